The predicted molar refractivity (Wildman–Crippen MR) is 65.7 cm³/mol. The van der Waals surface area contributed by atoms with Crippen molar-refractivity contribution in [3.63, 3.8) is 0 Å². The van der Waals surface area contributed by atoms with Crippen LogP contribution in [-0.4, -0.2) is 29.5 Å². The van der Waals surface area contributed by atoms with Gasteiger partial charge in [-0.2, -0.15) is 0 Å². The maximum atomic E-state index is 9.00. The van der Waals surface area contributed by atoms with E-state index in [1.54, 1.807) is 0 Å². The highest BCUT2D eigenvalue weighted by molar-refractivity contribution is 5.26. The van der Waals surface area contributed by atoms with Crippen LogP contribution in [0.5, 0.6) is 5.75 Å². The minimum absolute atomic E-state index is 0.125. The molecule has 0 aliphatic rings. The van der Waals surface area contributed by atoms with E-state index >= 15 is 0 Å². The van der Waals surface area contributed by atoms with Crippen molar-refractivity contribution in [2.75, 3.05) is 13.2 Å². The average molecular weight is 226 g/mol. The molecular weight excluding hydrogens is 204 g/mol. The predicted octanol–water partition coefficient (Wildman–Crippen LogP) is 2.14. The molecule has 0 heterocycles. The Bertz CT molecular complexity index is 256. The number of aliphatic hydroxyl groups excluding tert-OH is 2. The molecule has 0 radical (unpaired) electrons. The van der Waals surface area contributed by atoms with Gasteiger partial charge in [0, 0.05) is 0 Å². The molecule has 0 saturated carbocycles. The third-order valence-corrected chi connectivity index (χ3v) is 1.67. The molecule has 3 heteroatoms. The largest absolute Gasteiger partial charge is 0.491 e. The minimum atomic E-state index is -0.804. The van der Waals surface area contributed by atoms with E-state index in [0.29, 0.717) is 5.75 Å². The Hall–Kier alpha value is -1.06. The molecule has 92 valence electrons. The second kappa shape index (κ2) is 9.19. The summed E-state index contributed by atoms with van der Waals surface area (Å²) in [6, 6.07) is 7.53. The Morgan fingerprint density at radius 1 is 1.19 bits per heavy atom. The monoisotopic (exact) mass is 226 g/mol. The summed E-state index contributed by atoms with van der Waals surface area (Å²) in [5.74, 6) is 0.707. The lowest BCUT2D eigenvalue weighted by molar-refractivity contribution is 0.0536. The number of aryl methyl sites for hydroxylation is 1. The van der Waals surface area contributed by atoms with E-state index in [1.807, 2.05) is 31.2 Å². The molecule has 0 aliphatic heterocycles. The summed E-state index contributed by atoms with van der Waals surface area (Å²) in [5.41, 5.74) is 1.16. The van der Waals surface area contributed by atoms with E-state index in [9.17, 15) is 0 Å². The number of hydrogen-bond acceptors (Lipinski definition) is 3. The van der Waals surface area contributed by atoms with Crippen molar-refractivity contribution < 1.29 is 14.9 Å². The smallest absolute Gasteiger partial charge is 0.119 e. The third-order valence-electron chi connectivity index (χ3n) is 1.67. The Labute approximate surface area is 97.7 Å². The Morgan fingerprint density at radius 3 is 2.12 bits per heavy atom. The first kappa shape index (κ1) is 14.9. The van der Waals surface area contributed by atoms with E-state index in [1.165, 1.54) is 6.42 Å². The molecular formula is C13H22O3. The van der Waals surface area contributed by atoms with E-state index in [0.717, 1.165) is 5.56 Å². The normalized spacial score (nSPS) is 11.3. The number of rotatable bonds is 4. The zero-order chi connectivity index (χ0) is 12.4. The third kappa shape index (κ3) is 7.26. The fourth-order valence-corrected chi connectivity index (χ4v) is 0.880. The van der Waals surface area contributed by atoms with Gasteiger partial charge in [-0.3, -0.25) is 0 Å². The molecule has 2 N–H and O–H groups in total. The van der Waals surface area contributed by atoms with Crippen LogP contribution in [0.3, 0.4) is 0 Å². The maximum absolute atomic E-state index is 9.00. The van der Waals surface area contributed by atoms with E-state index < -0.39 is 6.10 Å². The summed E-state index contributed by atoms with van der Waals surface area (Å²) in [7, 11) is 0. The lowest BCUT2D eigenvalue weighted by Gasteiger charge is -2.09. The quantitative estimate of drug-likeness (QED) is 0.827. The standard InChI is InChI=1S/C10H14O3.C3H8/c1-8-2-4-10(5-3-8)13-7-9(12)6-11;1-3-2/h2-5,9,11-12H,6-7H2,1H3;3H2,1-2H3. The van der Waals surface area contributed by atoms with Gasteiger partial charge in [-0.25, -0.2) is 0 Å². The van der Waals surface area contributed by atoms with Crippen molar-refractivity contribution in [3.8, 4) is 5.75 Å². The molecule has 16 heavy (non-hydrogen) atoms. The van der Waals surface area contributed by atoms with E-state index in [4.69, 9.17) is 14.9 Å². The number of benzene rings is 1. The van der Waals surface area contributed by atoms with Gasteiger partial charge in [0.25, 0.3) is 0 Å². The van der Waals surface area contributed by atoms with Crippen LogP contribution >= 0.6 is 0 Å². The second-order valence-electron chi connectivity index (χ2n) is 3.67. The fraction of sp³-hybridized carbons (Fsp3) is 0.538. The van der Waals surface area contributed by atoms with Crippen LogP contribution in [0, 0.1) is 6.92 Å². The van der Waals surface area contributed by atoms with Crippen molar-refractivity contribution in [1.82, 2.24) is 0 Å². The lowest BCUT2D eigenvalue weighted by atomic mass is 10.2. The molecule has 1 rings (SSSR count). The van der Waals surface area contributed by atoms with Gasteiger partial charge in [0.2, 0.25) is 0 Å². The molecule has 1 aromatic rings. The van der Waals surface area contributed by atoms with Gasteiger partial charge in [0.05, 0.1) is 6.61 Å². The summed E-state index contributed by atoms with van der Waals surface area (Å²) < 4.78 is 5.20. The van der Waals surface area contributed by atoms with Gasteiger partial charge in [-0.1, -0.05) is 38.0 Å². The molecule has 0 bridgehead atoms. The van der Waals surface area contributed by atoms with Crippen LogP contribution in [0.2, 0.25) is 0 Å². The second-order valence-corrected chi connectivity index (χ2v) is 3.67. The molecule has 0 aliphatic carbocycles. The first-order valence-corrected chi connectivity index (χ1v) is 5.62. The molecule has 0 aromatic heterocycles. The Balaban J connectivity index is 0.000000673. The summed E-state index contributed by atoms with van der Waals surface area (Å²) in [5, 5.41) is 17.5. The lowest BCUT2D eigenvalue weighted by Crippen LogP contribution is -2.21. The summed E-state index contributed by atoms with van der Waals surface area (Å²) >= 11 is 0. The van der Waals surface area contributed by atoms with Crippen molar-refractivity contribution in [2.24, 2.45) is 0 Å². The topological polar surface area (TPSA) is 49.7 Å². The molecule has 0 saturated heterocycles. The Morgan fingerprint density at radius 2 is 1.69 bits per heavy atom. The van der Waals surface area contributed by atoms with Crippen molar-refractivity contribution in [2.45, 2.75) is 33.3 Å². The van der Waals surface area contributed by atoms with Gasteiger partial charge in [-0.15, -0.1) is 0 Å². The highest BCUT2D eigenvalue weighted by atomic mass is 16.5. The molecule has 1 unspecified atom stereocenters. The zero-order valence-electron chi connectivity index (χ0n) is 10.3. The van der Waals surface area contributed by atoms with Crippen LogP contribution < -0.4 is 4.74 Å². The number of hydrogen-bond donors (Lipinski definition) is 2. The molecule has 3 nitrogen and oxygen atoms in total. The summed E-state index contributed by atoms with van der Waals surface area (Å²) in [6.45, 7) is 6.10. The first-order chi connectivity index (χ1) is 7.63. The molecule has 0 fully saturated rings. The Kier molecular flexibility index (Phi) is 8.58. The van der Waals surface area contributed by atoms with Gasteiger partial charge in [-0.05, 0) is 19.1 Å². The maximum Gasteiger partial charge on any atom is 0.119 e. The molecule has 1 aromatic carbocycles. The van der Waals surface area contributed by atoms with Gasteiger partial charge >= 0.3 is 0 Å². The van der Waals surface area contributed by atoms with Crippen molar-refractivity contribution >= 4 is 0 Å². The van der Waals surface area contributed by atoms with Crippen molar-refractivity contribution in [1.29, 1.82) is 0 Å². The van der Waals surface area contributed by atoms with Crippen LogP contribution in [-0.2, 0) is 0 Å². The van der Waals surface area contributed by atoms with Crippen LogP contribution in [0.15, 0.2) is 24.3 Å². The van der Waals surface area contributed by atoms with Gasteiger partial charge < -0.3 is 14.9 Å². The van der Waals surface area contributed by atoms with Gasteiger partial charge in [0.1, 0.15) is 18.5 Å². The molecule has 0 spiro atoms. The first-order valence-electron chi connectivity index (χ1n) is 5.62. The summed E-state index contributed by atoms with van der Waals surface area (Å²) in [4.78, 5) is 0. The van der Waals surface area contributed by atoms with Gasteiger partial charge in [0.15, 0.2) is 0 Å². The average Bonchev–Trinajstić information content (AvgIpc) is 2.29. The molecule has 1 atom stereocenters. The van der Waals surface area contributed by atoms with Crippen LogP contribution in [0.1, 0.15) is 25.8 Å². The molecule has 0 amide bonds. The highest BCUT2D eigenvalue weighted by Gasteiger charge is 2.01. The van der Waals surface area contributed by atoms with Crippen LogP contribution in [0.25, 0.3) is 0 Å². The zero-order valence-corrected chi connectivity index (χ0v) is 10.3. The van der Waals surface area contributed by atoms with Crippen LogP contribution in [0.4, 0.5) is 0 Å². The fourth-order valence-electron chi connectivity index (χ4n) is 0.880. The van der Waals surface area contributed by atoms with E-state index in [-0.39, 0.29) is 13.2 Å². The number of ether oxygens (including phenoxy) is 1. The minimum Gasteiger partial charge on any atom is -0.491 e. The van der Waals surface area contributed by atoms with E-state index in [2.05, 4.69) is 13.8 Å². The highest BCUT2D eigenvalue weighted by Crippen LogP contribution is 2.11. The number of aliphatic hydroxyl groups is 2. The summed E-state index contributed by atoms with van der Waals surface area (Å²) in [6.07, 6.45) is 0.446. The SMILES string of the molecule is CCC.Cc1ccc(OCC(O)CO)cc1. The van der Waals surface area contributed by atoms with Crippen molar-refractivity contribution in [3.05, 3.63) is 29.8 Å².